The van der Waals surface area contributed by atoms with Crippen molar-refractivity contribution in [2.24, 2.45) is 11.7 Å². The van der Waals surface area contributed by atoms with Crippen LogP contribution in [0.1, 0.15) is 31.4 Å². The highest BCUT2D eigenvalue weighted by Gasteiger charge is 2.16. The van der Waals surface area contributed by atoms with Gasteiger partial charge in [0.1, 0.15) is 0 Å². The van der Waals surface area contributed by atoms with E-state index in [0.29, 0.717) is 5.92 Å². The summed E-state index contributed by atoms with van der Waals surface area (Å²) < 4.78 is 16.6. The van der Waals surface area contributed by atoms with Gasteiger partial charge in [-0.2, -0.15) is 0 Å². The number of rotatable bonds is 5. The molecule has 1 saturated heterocycles. The van der Waals surface area contributed by atoms with Crippen LogP contribution in [0, 0.1) is 5.92 Å². The molecule has 1 atom stereocenters. The Labute approximate surface area is 114 Å². The van der Waals surface area contributed by atoms with Crippen molar-refractivity contribution >= 4 is 0 Å². The van der Waals surface area contributed by atoms with Crippen LogP contribution >= 0.6 is 0 Å². The van der Waals surface area contributed by atoms with Gasteiger partial charge >= 0.3 is 0 Å². The zero-order valence-corrected chi connectivity index (χ0v) is 11.7. The number of methoxy groups -OCH3 is 1. The maximum atomic E-state index is 5.88. The first-order valence-corrected chi connectivity index (χ1v) is 6.84. The van der Waals surface area contributed by atoms with Gasteiger partial charge in [0.15, 0.2) is 11.5 Å². The Morgan fingerprint density at radius 1 is 1.32 bits per heavy atom. The Hall–Kier alpha value is -1.26. The van der Waals surface area contributed by atoms with E-state index in [-0.39, 0.29) is 6.04 Å². The Morgan fingerprint density at radius 2 is 2.05 bits per heavy atom. The molecule has 1 fully saturated rings. The van der Waals surface area contributed by atoms with Crippen molar-refractivity contribution in [1.29, 1.82) is 0 Å². The van der Waals surface area contributed by atoms with Gasteiger partial charge in [0.25, 0.3) is 0 Å². The molecule has 0 saturated carbocycles. The van der Waals surface area contributed by atoms with Gasteiger partial charge in [-0.25, -0.2) is 0 Å². The highest BCUT2D eigenvalue weighted by molar-refractivity contribution is 5.43. The van der Waals surface area contributed by atoms with Crippen LogP contribution in [0.25, 0.3) is 0 Å². The van der Waals surface area contributed by atoms with E-state index < -0.39 is 0 Å². The number of ether oxygens (including phenoxy) is 3. The lowest BCUT2D eigenvalue weighted by atomic mass is 10.0. The van der Waals surface area contributed by atoms with Crippen molar-refractivity contribution in [3.05, 3.63) is 23.8 Å². The maximum Gasteiger partial charge on any atom is 0.161 e. The Morgan fingerprint density at radius 3 is 2.68 bits per heavy atom. The van der Waals surface area contributed by atoms with Crippen molar-refractivity contribution in [2.45, 2.75) is 25.8 Å². The molecule has 0 aliphatic carbocycles. The lowest BCUT2D eigenvalue weighted by Gasteiger charge is -2.22. The third-order valence-corrected chi connectivity index (χ3v) is 3.53. The summed E-state index contributed by atoms with van der Waals surface area (Å²) in [6.45, 7) is 4.36. The van der Waals surface area contributed by atoms with Gasteiger partial charge in [-0.05, 0) is 43.4 Å². The van der Waals surface area contributed by atoms with Crippen molar-refractivity contribution in [3.8, 4) is 11.5 Å². The van der Waals surface area contributed by atoms with Crippen LogP contribution in [0.5, 0.6) is 11.5 Å². The molecule has 1 aliphatic rings. The normalized spacial score (nSPS) is 18.1. The minimum atomic E-state index is -0.00144. The standard InChI is InChI=1S/C15H23NO3/c1-11(16)13-3-4-14(15(9-13)17-2)19-10-12-5-7-18-8-6-12/h3-4,9,11-12H,5-8,10,16H2,1-2H3/t11-/m0/s1. The molecule has 4 heteroatoms. The number of hydrogen-bond acceptors (Lipinski definition) is 4. The highest BCUT2D eigenvalue weighted by Crippen LogP contribution is 2.30. The summed E-state index contributed by atoms with van der Waals surface area (Å²) in [4.78, 5) is 0. The molecule has 1 aromatic carbocycles. The van der Waals surface area contributed by atoms with Crippen LogP contribution in [0.2, 0.25) is 0 Å². The summed E-state index contributed by atoms with van der Waals surface area (Å²) in [6.07, 6.45) is 2.14. The van der Waals surface area contributed by atoms with Gasteiger partial charge in [0.2, 0.25) is 0 Å². The van der Waals surface area contributed by atoms with Crippen molar-refractivity contribution < 1.29 is 14.2 Å². The second kappa shape index (κ2) is 6.78. The molecule has 4 nitrogen and oxygen atoms in total. The summed E-state index contributed by atoms with van der Waals surface area (Å²) in [5.41, 5.74) is 6.92. The SMILES string of the molecule is COc1cc([C@H](C)N)ccc1OCC1CCOCC1. The monoisotopic (exact) mass is 265 g/mol. The van der Waals surface area contributed by atoms with Crippen molar-refractivity contribution in [2.75, 3.05) is 26.9 Å². The molecule has 2 rings (SSSR count). The zero-order chi connectivity index (χ0) is 13.7. The lowest BCUT2D eigenvalue weighted by molar-refractivity contribution is 0.0493. The highest BCUT2D eigenvalue weighted by atomic mass is 16.5. The fraction of sp³-hybridized carbons (Fsp3) is 0.600. The van der Waals surface area contributed by atoms with E-state index in [9.17, 15) is 0 Å². The molecule has 1 heterocycles. The molecule has 0 aromatic heterocycles. The fourth-order valence-electron chi connectivity index (χ4n) is 2.21. The molecule has 0 unspecified atom stereocenters. The van der Waals surface area contributed by atoms with Gasteiger partial charge in [0.05, 0.1) is 13.7 Å². The van der Waals surface area contributed by atoms with Crippen LogP contribution in [0.4, 0.5) is 0 Å². The van der Waals surface area contributed by atoms with Gasteiger partial charge in [-0.3, -0.25) is 0 Å². The molecule has 0 spiro atoms. The predicted molar refractivity (Wildman–Crippen MR) is 74.6 cm³/mol. The molecule has 1 aromatic rings. The summed E-state index contributed by atoms with van der Waals surface area (Å²) in [5.74, 6) is 2.12. The van der Waals surface area contributed by atoms with E-state index in [2.05, 4.69) is 0 Å². The first-order valence-electron chi connectivity index (χ1n) is 6.84. The molecule has 106 valence electrons. The molecular formula is C15H23NO3. The summed E-state index contributed by atoms with van der Waals surface area (Å²) in [6, 6.07) is 5.88. The summed E-state index contributed by atoms with van der Waals surface area (Å²) in [7, 11) is 1.65. The number of benzene rings is 1. The van der Waals surface area contributed by atoms with Crippen LogP contribution in [0.15, 0.2) is 18.2 Å². The first kappa shape index (κ1) is 14.2. The average molecular weight is 265 g/mol. The Bertz CT molecular complexity index is 400. The molecule has 0 amide bonds. The Balaban J connectivity index is 1.98. The largest absolute Gasteiger partial charge is 0.493 e. The quantitative estimate of drug-likeness (QED) is 0.889. The van der Waals surface area contributed by atoms with Gasteiger partial charge in [0, 0.05) is 19.3 Å². The van der Waals surface area contributed by atoms with Crippen molar-refractivity contribution in [1.82, 2.24) is 0 Å². The lowest BCUT2D eigenvalue weighted by Crippen LogP contribution is -2.21. The third-order valence-electron chi connectivity index (χ3n) is 3.53. The minimum absolute atomic E-state index is 0.00144. The maximum absolute atomic E-state index is 5.88. The van der Waals surface area contributed by atoms with Gasteiger partial charge in [-0.15, -0.1) is 0 Å². The minimum Gasteiger partial charge on any atom is -0.493 e. The van der Waals surface area contributed by atoms with Crippen LogP contribution < -0.4 is 15.2 Å². The van der Waals surface area contributed by atoms with Gasteiger partial charge in [-0.1, -0.05) is 6.07 Å². The third kappa shape index (κ3) is 3.85. The molecular weight excluding hydrogens is 242 g/mol. The van der Waals surface area contributed by atoms with Crippen LogP contribution in [0.3, 0.4) is 0 Å². The van der Waals surface area contributed by atoms with E-state index in [1.165, 1.54) is 0 Å². The number of hydrogen-bond donors (Lipinski definition) is 1. The smallest absolute Gasteiger partial charge is 0.161 e. The molecule has 2 N–H and O–H groups in total. The molecule has 19 heavy (non-hydrogen) atoms. The number of nitrogens with two attached hydrogens (primary N) is 1. The molecule has 0 radical (unpaired) electrons. The van der Waals surface area contributed by atoms with E-state index in [1.807, 2.05) is 25.1 Å². The average Bonchev–Trinajstić information content (AvgIpc) is 2.45. The van der Waals surface area contributed by atoms with Crippen LogP contribution in [-0.4, -0.2) is 26.9 Å². The predicted octanol–water partition coefficient (Wildman–Crippen LogP) is 2.52. The molecule has 1 aliphatic heterocycles. The molecule has 0 bridgehead atoms. The van der Waals surface area contributed by atoms with Crippen molar-refractivity contribution in [3.63, 3.8) is 0 Å². The van der Waals surface area contributed by atoms with Gasteiger partial charge < -0.3 is 19.9 Å². The second-order valence-corrected chi connectivity index (χ2v) is 5.07. The Kier molecular flexibility index (Phi) is 5.05. The summed E-state index contributed by atoms with van der Waals surface area (Å²) >= 11 is 0. The second-order valence-electron chi connectivity index (χ2n) is 5.07. The summed E-state index contributed by atoms with van der Waals surface area (Å²) in [5, 5.41) is 0. The van der Waals surface area contributed by atoms with Crippen LogP contribution in [-0.2, 0) is 4.74 Å². The first-order chi connectivity index (χ1) is 9.20. The fourth-order valence-corrected chi connectivity index (χ4v) is 2.21. The zero-order valence-electron chi connectivity index (χ0n) is 11.7. The van der Waals surface area contributed by atoms with E-state index in [0.717, 1.165) is 49.7 Å². The van der Waals surface area contributed by atoms with E-state index >= 15 is 0 Å². The van der Waals surface area contributed by atoms with E-state index in [4.69, 9.17) is 19.9 Å². The topological polar surface area (TPSA) is 53.7 Å². The van der Waals surface area contributed by atoms with E-state index in [1.54, 1.807) is 7.11 Å².